The molecular weight excluding hydrogens is 549 g/mol. The maximum atomic E-state index is 5.58. The molecule has 1 saturated heterocycles. The molecule has 0 bridgehead atoms. The van der Waals surface area contributed by atoms with E-state index in [9.17, 15) is 0 Å². The van der Waals surface area contributed by atoms with Gasteiger partial charge in [0.15, 0.2) is 17.4 Å². The second kappa shape index (κ2) is 12.1. The van der Waals surface area contributed by atoms with Crippen LogP contribution in [0.2, 0.25) is 0 Å². The van der Waals surface area contributed by atoms with Gasteiger partial charge in [-0.3, -0.25) is 0 Å². The van der Waals surface area contributed by atoms with E-state index in [0.29, 0.717) is 0 Å². The first-order chi connectivity index (χ1) is 13.6. The van der Waals surface area contributed by atoms with E-state index in [1.54, 1.807) is 89.4 Å². The van der Waals surface area contributed by atoms with E-state index in [1.165, 1.54) is 0 Å². The molecule has 2 aromatic rings. The summed E-state index contributed by atoms with van der Waals surface area (Å²) in [7, 11) is 6.32. The SMILES string of the molecule is CSc1nnc(SSC(=S)N2CCN(C(=S)SSc3nnc(SC)s3)CC2)s1. The van der Waals surface area contributed by atoms with Crippen LogP contribution < -0.4 is 0 Å². The number of rotatable bonds is 6. The summed E-state index contributed by atoms with van der Waals surface area (Å²) in [6.45, 7) is 3.50. The smallest absolute Gasteiger partial charge is 0.186 e. The monoisotopic (exact) mass is 562 g/mol. The molecule has 1 fully saturated rings. The van der Waals surface area contributed by atoms with Crippen molar-refractivity contribution >= 4 is 122 Å². The Morgan fingerprint density at radius 3 is 1.39 bits per heavy atom. The van der Waals surface area contributed by atoms with E-state index in [1.807, 2.05) is 12.5 Å². The number of piperazine rings is 1. The van der Waals surface area contributed by atoms with Crippen molar-refractivity contribution in [3.63, 3.8) is 0 Å². The van der Waals surface area contributed by atoms with Gasteiger partial charge < -0.3 is 9.80 Å². The highest BCUT2D eigenvalue weighted by atomic mass is 33.1. The largest absolute Gasteiger partial charge is 0.353 e. The molecule has 0 aliphatic carbocycles. The lowest BCUT2D eigenvalue weighted by Crippen LogP contribution is -2.48. The fourth-order valence-corrected chi connectivity index (χ4v) is 9.92. The first-order valence-corrected chi connectivity index (χ1v) is 16.8. The quantitative estimate of drug-likeness (QED) is 0.263. The Bertz CT molecular complexity index is 734. The standard InChI is InChI=1S/C12H14N6S10/c1-21-7-13-15-9(23-7)25-27-11(19)17-3-5-18(6-4-17)12(20)28-26-10-16-14-8(22-2)24-10/h3-6H2,1-2H3. The Morgan fingerprint density at radius 1 is 0.714 bits per heavy atom. The van der Waals surface area contributed by atoms with Crippen LogP contribution >= 0.6 is 114 Å². The summed E-state index contributed by atoms with van der Waals surface area (Å²) in [4.78, 5) is 4.46. The molecule has 0 amide bonds. The van der Waals surface area contributed by atoms with Gasteiger partial charge in [0, 0.05) is 26.2 Å². The normalized spacial score (nSPS) is 14.5. The third-order valence-electron chi connectivity index (χ3n) is 3.29. The van der Waals surface area contributed by atoms with E-state index in [2.05, 4.69) is 30.2 Å². The van der Waals surface area contributed by atoms with Crippen molar-refractivity contribution in [3.05, 3.63) is 0 Å². The fraction of sp³-hybridized carbons (Fsp3) is 0.500. The zero-order valence-corrected chi connectivity index (χ0v) is 22.8. The number of hydrogen-bond acceptors (Lipinski definition) is 14. The van der Waals surface area contributed by atoms with Crippen molar-refractivity contribution in [1.29, 1.82) is 0 Å². The van der Waals surface area contributed by atoms with Crippen molar-refractivity contribution in [3.8, 4) is 0 Å². The molecule has 28 heavy (non-hydrogen) atoms. The molecule has 0 N–H and O–H groups in total. The summed E-state index contributed by atoms with van der Waals surface area (Å²) in [5, 5.41) is 16.5. The second-order valence-electron chi connectivity index (χ2n) is 4.92. The van der Waals surface area contributed by atoms with Gasteiger partial charge in [0.05, 0.1) is 0 Å². The van der Waals surface area contributed by atoms with Crippen LogP contribution in [0.25, 0.3) is 0 Å². The molecule has 152 valence electrons. The van der Waals surface area contributed by atoms with Gasteiger partial charge in [0.25, 0.3) is 0 Å². The highest BCUT2D eigenvalue weighted by molar-refractivity contribution is 8.84. The minimum Gasteiger partial charge on any atom is -0.353 e. The molecule has 1 aliphatic heterocycles. The molecule has 16 heteroatoms. The highest BCUT2D eigenvalue weighted by Crippen LogP contribution is 2.38. The van der Waals surface area contributed by atoms with Crippen LogP contribution in [0.4, 0.5) is 0 Å². The lowest BCUT2D eigenvalue weighted by atomic mass is 10.4. The topological polar surface area (TPSA) is 58.0 Å². The van der Waals surface area contributed by atoms with Crippen LogP contribution in [0, 0.1) is 0 Å². The van der Waals surface area contributed by atoms with E-state index in [-0.39, 0.29) is 0 Å². The van der Waals surface area contributed by atoms with Gasteiger partial charge >= 0.3 is 0 Å². The molecule has 3 heterocycles. The Balaban J connectivity index is 1.38. The summed E-state index contributed by atoms with van der Waals surface area (Å²) < 4.78 is 5.60. The van der Waals surface area contributed by atoms with Crippen LogP contribution in [0.1, 0.15) is 0 Å². The average molecular weight is 563 g/mol. The zero-order valence-electron chi connectivity index (χ0n) is 14.6. The second-order valence-corrected chi connectivity index (χ2v) is 15.0. The first-order valence-electron chi connectivity index (χ1n) is 7.61. The van der Waals surface area contributed by atoms with Gasteiger partial charge in [-0.15, -0.1) is 20.4 Å². The van der Waals surface area contributed by atoms with E-state index in [4.69, 9.17) is 24.4 Å². The molecule has 3 rings (SSSR count). The predicted octanol–water partition coefficient (Wildman–Crippen LogP) is 5.20. The number of thioether (sulfide) groups is 2. The Labute approximate surface area is 206 Å². The Kier molecular flexibility index (Phi) is 10.3. The maximum Gasteiger partial charge on any atom is 0.186 e. The summed E-state index contributed by atoms with van der Waals surface area (Å²) >= 11 is 17.6. The van der Waals surface area contributed by atoms with Crippen molar-refractivity contribution in [2.24, 2.45) is 0 Å². The van der Waals surface area contributed by atoms with Crippen LogP contribution in [-0.4, -0.2) is 77.5 Å². The molecule has 0 saturated carbocycles. The summed E-state index contributed by atoms with van der Waals surface area (Å²) in [6.07, 6.45) is 4.01. The first kappa shape index (κ1) is 23.7. The van der Waals surface area contributed by atoms with Gasteiger partial charge in [-0.1, -0.05) is 70.6 Å². The van der Waals surface area contributed by atoms with Crippen LogP contribution in [0.3, 0.4) is 0 Å². The lowest BCUT2D eigenvalue weighted by Gasteiger charge is -2.36. The molecule has 0 unspecified atom stereocenters. The zero-order chi connectivity index (χ0) is 19.9. The third kappa shape index (κ3) is 7.02. The lowest BCUT2D eigenvalue weighted by molar-refractivity contribution is 0.271. The minimum absolute atomic E-state index is 0.874. The molecule has 0 aromatic carbocycles. The number of nitrogens with zero attached hydrogens (tertiary/aromatic N) is 6. The number of aromatic nitrogens is 4. The minimum atomic E-state index is 0.874. The van der Waals surface area contributed by atoms with Gasteiger partial charge in [0.1, 0.15) is 8.64 Å². The van der Waals surface area contributed by atoms with Crippen molar-refractivity contribution in [2.75, 3.05) is 38.7 Å². The van der Waals surface area contributed by atoms with E-state index >= 15 is 0 Å². The van der Waals surface area contributed by atoms with Crippen LogP contribution in [-0.2, 0) is 0 Å². The maximum absolute atomic E-state index is 5.58. The number of hydrogen-bond donors (Lipinski definition) is 0. The van der Waals surface area contributed by atoms with Gasteiger partial charge in [-0.25, -0.2) is 0 Å². The van der Waals surface area contributed by atoms with Crippen molar-refractivity contribution < 1.29 is 0 Å². The van der Waals surface area contributed by atoms with Gasteiger partial charge in [-0.05, 0) is 55.7 Å². The molecule has 2 aromatic heterocycles. The fourth-order valence-electron chi connectivity index (χ4n) is 1.95. The van der Waals surface area contributed by atoms with Gasteiger partial charge in [-0.2, -0.15) is 0 Å². The molecule has 0 radical (unpaired) electrons. The Morgan fingerprint density at radius 2 is 1.07 bits per heavy atom. The summed E-state index contributed by atoms with van der Waals surface area (Å²) in [6, 6.07) is 0. The third-order valence-corrected chi connectivity index (χ3v) is 13.8. The number of thiocarbonyl (C=S) groups is 2. The molecule has 0 spiro atoms. The van der Waals surface area contributed by atoms with E-state index < -0.39 is 0 Å². The van der Waals surface area contributed by atoms with Crippen LogP contribution in [0.15, 0.2) is 17.4 Å². The highest BCUT2D eigenvalue weighted by Gasteiger charge is 2.22. The predicted molar refractivity (Wildman–Crippen MR) is 139 cm³/mol. The molecule has 1 aliphatic rings. The van der Waals surface area contributed by atoms with Crippen molar-refractivity contribution in [1.82, 2.24) is 30.2 Å². The molecule has 6 nitrogen and oxygen atoms in total. The molecule has 0 atom stereocenters. The van der Waals surface area contributed by atoms with Crippen molar-refractivity contribution in [2.45, 2.75) is 17.4 Å². The van der Waals surface area contributed by atoms with E-state index in [0.717, 1.165) is 52.2 Å². The van der Waals surface area contributed by atoms with Crippen LogP contribution in [0.5, 0.6) is 0 Å². The Hall–Kier alpha value is 1.000. The summed E-state index contributed by atoms with van der Waals surface area (Å²) in [5.41, 5.74) is 0. The van der Waals surface area contributed by atoms with Gasteiger partial charge in [0.2, 0.25) is 0 Å². The average Bonchev–Trinajstić information content (AvgIpc) is 3.39. The molecular formula is C12H14N6S10. The summed E-state index contributed by atoms with van der Waals surface area (Å²) in [5.74, 6) is 0.